The fourth-order valence-corrected chi connectivity index (χ4v) is 8.27. The van der Waals surface area contributed by atoms with Crippen LogP contribution in [0.3, 0.4) is 0 Å². The number of hydrogen-bond acceptors (Lipinski definition) is 5. The molecule has 0 spiro atoms. The van der Waals surface area contributed by atoms with Crippen LogP contribution < -0.4 is 0 Å². The van der Waals surface area contributed by atoms with Crippen molar-refractivity contribution in [3.05, 3.63) is 164 Å². The zero-order chi connectivity index (χ0) is 33.0. The lowest BCUT2D eigenvalue weighted by atomic mass is 9.89. The standard InChI is InChI=1S/C45H27N3OS/c1-3-13-28(14-4-1)43-46-44(29-15-5-2-6-16-29)48-45(47-43)36-22-11-19-33(35-21-12-20-34-32-18-8-10-24-40(32)50-42(34)35)41(36)30-25-26-39-37(27-30)31-17-7-9-23-38(31)49-39/h1-27H. The predicted octanol–water partition coefficient (Wildman–Crippen LogP) is 12.5. The Labute approximate surface area is 292 Å². The van der Waals surface area contributed by atoms with Crippen molar-refractivity contribution in [3.63, 3.8) is 0 Å². The van der Waals surface area contributed by atoms with Crippen LogP contribution in [0.1, 0.15) is 0 Å². The van der Waals surface area contributed by atoms with Crippen molar-refractivity contribution < 1.29 is 4.42 Å². The smallest absolute Gasteiger partial charge is 0.164 e. The summed E-state index contributed by atoms with van der Waals surface area (Å²) in [6.07, 6.45) is 0. The average Bonchev–Trinajstić information content (AvgIpc) is 3.76. The molecular formula is C45H27N3OS. The van der Waals surface area contributed by atoms with Gasteiger partial charge < -0.3 is 4.42 Å². The van der Waals surface area contributed by atoms with Crippen LogP contribution >= 0.6 is 11.3 Å². The van der Waals surface area contributed by atoms with E-state index in [9.17, 15) is 0 Å². The van der Waals surface area contributed by atoms with Crippen molar-refractivity contribution in [2.75, 3.05) is 0 Å². The molecule has 7 aromatic carbocycles. The van der Waals surface area contributed by atoms with Crippen molar-refractivity contribution >= 4 is 53.4 Å². The van der Waals surface area contributed by atoms with Crippen molar-refractivity contribution in [1.82, 2.24) is 15.0 Å². The summed E-state index contributed by atoms with van der Waals surface area (Å²) in [5.41, 5.74) is 8.97. The first-order valence-corrected chi connectivity index (χ1v) is 17.4. The van der Waals surface area contributed by atoms with Gasteiger partial charge in [0.2, 0.25) is 0 Å². The maximum absolute atomic E-state index is 6.26. The van der Waals surface area contributed by atoms with E-state index >= 15 is 0 Å². The van der Waals surface area contributed by atoms with Crippen LogP contribution in [0, 0.1) is 0 Å². The van der Waals surface area contributed by atoms with E-state index in [1.54, 1.807) is 0 Å². The normalized spacial score (nSPS) is 11.6. The molecule has 0 unspecified atom stereocenters. The number of fused-ring (bicyclic) bond motifs is 6. The molecule has 0 bridgehead atoms. The molecule has 0 amide bonds. The van der Waals surface area contributed by atoms with Crippen LogP contribution in [0.4, 0.5) is 0 Å². The van der Waals surface area contributed by atoms with E-state index < -0.39 is 0 Å². The first-order valence-electron chi connectivity index (χ1n) is 16.6. The summed E-state index contributed by atoms with van der Waals surface area (Å²) in [6, 6.07) is 56.8. The third-order valence-corrected chi connectivity index (χ3v) is 10.6. The fraction of sp³-hybridized carbons (Fsp3) is 0. The zero-order valence-electron chi connectivity index (χ0n) is 26.7. The van der Waals surface area contributed by atoms with Crippen molar-refractivity contribution in [3.8, 4) is 56.4 Å². The first-order chi connectivity index (χ1) is 24.8. The van der Waals surface area contributed by atoms with Crippen LogP contribution in [-0.4, -0.2) is 15.0 Å². The van der Waals surface area contributed by atoms with Crippen LogP contribution in [0.2, 0.25) is 0 Å². The summed E-state index contributed by atoms with van der Waals surface area (Å²) in [5.74, 6) is 1.89. The monoisotopic (exact) mass is 657 g/mol. The molecule has 5 heteroatoms. The van der Waals surface area contributed by atoms with E-state index in [0.717, 1.165) is 55.3 Å². The summed E-state index contributed by atoms with van der Waals surface area (Å²) in [6.45, 7) is 0. The minimum absolute atomic E-state index is 0.621. The van der Waals surface area contributed by atoms with Crippen LogP contribution in [-0.2, 0) is 0 Å². The molecular weight excluding hydrogens is 631 g/mol. The molecule has 0 radical (unpaired) electrons. The highest BCUT2D eigenvalue weighted by Gasteiger charge is 2.22. The molecule has 0 aliphatic carbocycles. The van der Waals surface area contributed by atoms with Gasteiger partial charge in [-0.15, -0.1) is 11.3 Å². The number of nitrogens with zero attached hydrogens (tertiary/aromatic N) is 3. The summed E-state index contributed by atoms with van der Waals surface area (Å²) in [5, 5.41) is 4.70. The Morgan fingerprint density at radius 1 is 0.380 bits per heavy atom. The maximum Gasteiger partial charge on any atom is 0.164 e. The molecule has 0 saturated heterocycles. The number of para-hydroxylation sites is 1. The van der Waals surface area contributed by atoms with Gasteiger partial charge in [-0.1, -0.05) is 140 Å². The van der Waals surface area contributed by atoms with E-state index in [1.165, 1.54) is 25.7 Å². The number of benzene rings is 7. The highest BCUT2D eigenvalue weighted by atomic mass is 32.1. The van der Waals surface area contributed by atoms with Gasteiger partial charge in [-0.3, -0.25) is 0 Å². The third-order valence-electron chi connectivity index (χ3n) is 9.36. The van der Waals surface area contributed by atoms with Crippen molar-refractivity contribution in [1.29, 1.82) is 0 Å². The molecule has 10 aromatic rings. The molecule has 3 aromatic heterocycles. The van der Waals surface area contributed by atoms with Gasteiger partial charge in [0.1, 0.15) is 11.2 Å². The number of hydrogen-bond donors (Lipinski definition) is 0. The second-order valence-electron chi connectivity index (χ2n) is 12.4. The molecule has 3 heterocycles. The van der Waals surface area contributed by atoms with Gasteiger partial charge in [-0.05, 0) is 35.4 Å². The van der Waals surface area contributed by atoms with Gasteiger partial charge in [0, 0.05) is 58.8 Å². The summed E-state index contributed by atoms with van der Waals surface area (Å²) >= 11 is 1.84. The summed E-state index contributed by atoms with van der Waals surface area (Å²) in [7, 11) is 0. The van der Waals surface area contributed by atoms with Gasteiger partial charge in [0.25, 0.3) is 0 Å². The topological polar surface area (TPSA) is 51.8 Å². The highest BCUT2D eigenvalue weighted by Crippen LogP contribution is 2.46. The lowest BCUT2D eigenvalue weighted by Crippen LogP contribution is -2.01. The minimum atomic E-state index is 0.621. The van der Waals surface area contributed by atoms with Crippen LogP contribution in [0.15, 0.2) is 168 Å². The Morgan fingerprint density at radius 3 is 1.74 bits per heavy atom. The second kappa shape index (κ2) is 11.6. The van der Waals surface area contributed by atoms with Gasteiger partial charge in [-0.2, -0.15) is 0 Å². The van der Waals surface area contributed by atoms with E-state index in [0.29, 0.717) is 17.5 Å². The summed E-state index contributed by atoms with van der Waals surface area (Å²) in [4.78, 5) is 15.3. The predicted molar refractivity (Wildman–Crippen MR) is 207 cm³/mol. The van der Waals surface area contributed by atoms with Gasteiger partial charge in [-0.25, -0.2) is 15.0 Å². The molecule has 234 valence electrons. The third kappa shape index (κ3) is 4.71. The molecule has 0 aliphatic heterocycles. The lowest BCUT2D eigenvalue weighted by Gasteiger charge is -2.17. The molecule has 10 rings (SSSR count). The Hall–Kier alpha value is -6.43. The molecule has 50 heavy (non-hydrogen) atoms. The van der Waals surface area contributed by atoms with Gasteiger partial charge in [0.05, 0.1) is 0 Å². The van der Waals surface area contributed by atoms with Crippen molar-refractivity contribution in [2.45, 2.75) is 0 Å². The zero-order valence-corrected chi connectivity index (χ0v) is 27.6. The van der Waals surface area contributed by atoms with Crippen molar-refractivity contribution in [2.24, 2.45) is 0 Å². The Bertz CT molecular complexity index is 2820. The number of thiophene rings is 1. The SMILES string of the molecule is c1ccc(-c2nc(-c3ccccc3)nc(-c3cccc(-c4cccc5c4sc4ccccc45)c3-c3ccc4oc5ccccc5c4c3)n2)cc1. The Balaban J connectivity index is 1.29. The number of rotatable bonds is 5. The Morgan fingerprint density at radius 2 is 0.960 bits per heavy atom. The Kier molecular flexibility index (Phi) is 6.64. The summed E-state index contributed by atoms with van der Waals surface area (Å²) < 4.78 is 8.79. The average molecular weight is 658 g/mol. The first kappa shape index (κ1) is 28.6. The number of furan rings is 1. The lowest BCUT2D eigenvalue weighted by molar-refractivity contribution is 0.669. The quantitative estimate of drug-likeness (QED) is 0.185. The van der Waals surface area contributed by atoms with E-state index in [-0.39, 0.29) is 0 Å². The molecule has 0 atom stereocenters. The van der Waals surface area contributed by atoms with E-state index in [2.05, 4.69) is 91.0 Å². The molecule has 0 fully saturated rings. The van der Waals surface area contributed by atoms with E-state index in [4.69, 9.17) is 19.4 Å². The van der Waals surface area contributed by atoms with Gasteiger partial charge in [0.15, 0.2) is 17.5 Å². The molecule has 0 aliphatic rings. The molecule has 0 saturated carbocycles. The van der Waals surface area contributed by atoms with Crippen LogP contribution in [0.25, 0.3) is 98.5 Å². The van der Waals surface area contributed by atoms with E-state index in [1.807, 2.05) is 84.1 Å². The van der Waals surface area contributed by atoms with Crippen LogP contribution in [0.5, 0.6) is 0 Å². The fourth-order valence-electron chi connectivity index (χ4n) is 7.04. The van der Waals surface area contributed by atoms with Gasteiger partial charge >= 0.3 is 0 Å². The minimum Gasteiger partial charge on any atom is -0.456 e. The maximum atomic E-state index is 6.26. The molecule has 4 nitrogen and oxygen atoms in total. The molecule has 0 N–H and O–H groups in total. The second-order valence-corrected chi connectivity index (χ2v) is 13.4. The largest absolute Gasteiger partial charge is 0.456 e. The highest BCUT2D eigenvalue weighted by molar-refractivity contribution is 7.26. The number of aromatic nitrogens is 3.